The van der Waals surface area contributed by atoms with Crippen molar-refractivity contribution in [3.05, 3.63) is 12.3 Å². The van der Waals surface area contributed by atoms with Gasteiger partial charge in [-0.2, -0.15) is 5.10 Å². The molecule has 0 radical (unpaired) electrons. The van der Waals surface area contributed by atoms with Gasteiger partial charge in [0.2, 0.25) is 0 Å². The summed E-state index contributed by atoms with van der Waals surface area (Å²) in [7, 11) is 1.92. The minimum absolute atomic E-state index is 0.473. The Balaban J connectivity index is 1.80. The lowest BCUT2D eigenvalue weighted by Crippen LogP contribution is -2.38. The molecule has 90 valence electrons. The van der Waals surface area contributed by atoms with Gasteiger partial charge in [-0.1, -0.05) is 6.92 Å². The van der Waals surface area contributed by atoms with Crippen LogP contribution in [0.5, 0.6) is 0 Å². The average molecular weight is 224 g/mol. The zero-order chi connectivity index (χ0) is 11.4. The third-order valence-electron chi connectivity index (χ3n) is 2.92. The van der Waals surface area contributed by atoms with Crippen LogP contribution in [0.25, 0.3) is 0 Å². The van der Waals surface area contributed by atoms with Gasteiger partial charge >= 0.3 is 0 Å². The van der Waals surface area contributed by atoms with Crippen LogP contribution in [-0.4, -0.2) is 42.1 Å². The number of nitrogens with one attached hydrogen (secondary N) is 2. The maximum absolute atomic E-state index is 5.49. The molecule has 1 aliphatic heterocycles. The molecular formula is C11H20N4O. The Morgan fingerprint density at radius 1 is 1.56 bits per heavy atom. The standard InChI is InChI=1S/C11H20N4O/c1-3-12-10-8-16-7-9(10)6-13-11-4-5-15(2)14-11/h4-5,9-10,12H,3,6-8H2,1-2H3,(H,13,14). The quantitative estimate of drug-likeness (QED) is 0.763. The van der Waals surface area contributed by atoms with Gasteiger partial charge in [0.25, 0.3) is 0 Å². The summed E-state index contributed by atoms with van der Waals surface area (Å²) < 4.78 is 7.29. The molecule has 0 aliphatic carbocycles. The van der Waals surface area contributed by atoms with Crippen LogP contribution in [0.4, 0.5) is 5.82 Å². The monoisotopic (exact) mass is 224 g/mol. The molecule has 1 fully saturated rings. The smallest absolute Gasteiger partial charge is 0.147 e. The number of nitrogens with zero attached hydrogens (tertiary/aromatic N) is 2. The Hall–Kier alpha value is -1.07. The summed E-state index contributed by atoms with van der Waals surface area (Å²) >= 11 is 0. The normalized spacial score (nSPS) is 24.9. The molecule has 16 heavy (non-hydrogen) atoms. The van der Waals surface area contributed by atoms with Crippen LogP contribution in [0.15, 0.2) is 12.3 Å². The largest absolute Gasteiger partial charge is 0.379 e. The van der Waals surface area contributed by atoms with Crippen molar-refractivity contribution in [2.45, 2.75) is 13.0 Å². The molecule has 2 unspecified atom stereocenters. The first-order chi connectivity index (χ1) is 7.79. The number of hydrogen-bond acceptors (Lipinski definition) is 4. The van der Waals surface area contributed by atoms with Gasteiger partial charge in [-0.3, -0.25) is 4.68 Å². The topological polar surface area (TPSA) is 51.1 Å². The summed E-state index contributed by atoms with van der Waals surface area (Å²) in [5.41, 5.74) is 0. The van der Waals surface area contributed by atoms with Gasteiger partial charge in [0.05, 0.1) is 13.2 Å². The molecule has 5 heteroatoms. The van der Waals surface area contributed by atoms with E-state index < -0.39 is 0 Å². The Morgan fingerprint density at radius 2 is 2.44 bits per heavy atom. The van der Waals surface area contributed by atoms with Gasteiger partial charge in [-0.15, -0.1) is 0 Å². The van der Waals surface area contributed by atoms with E-state index in [4.69, 9.17) is 4.74 Å². The molecule has 1 aliphatic rings. The Bertz CT molecular complexity index is 326. The highest BCUT2D eigenvalue weighted by atomic mass is 16.5. The number of aryl methyl sites for hydroxylation is 1. The highest BCUT2D eigenvalue weighted by Gasteiger charge is 2.27. The second-order valence-corrected chi connectivity index (χ2v) is 4.22. The average Bonchev–Trinajstić information content (AvgIpc) is 2.85. The molecule has 0 spiro atoms. The van der Waals surface area contributed by atoms with Gasteiger partial charge in [-0.25, -0.2) is 0 Å². The molecule has 0 bridgehead atoms. The molecule has 1 saturated heterocycles. The van der Waals surface area contributed by atoms with Gasteiger partial charge in [0.15, 0.2) is 0 Å². The second-order valence-electron chi connectivity index (χ2n) is 4.22. The maximum Gasteiger partial charge on any atom is 0.147 e. The van der Waals surface area contributed by atoms with Gasteiger partial charge in [-0.05, 0) is 6.54 Å². The van der Waals surface area contributed by atoms with Crippen LogP contribution in [0.1, 0.15) is 6.92 Å². The molecule has 2 rings (SSSR count). The van der Waals surface area contributed by atoms with Crippen molar-refractivity contribution in [2.75, 3.05) is 31.6 Å². The van der Waals surface area contributed by atoms with Crippen molar-refractivity contribution in [1.82, 2.24) is 15.1 Å². The molecule has 1 aromatic rings. The summed E-state index contributed by atoms with van der Waals surface area (Å²) in [5.74, 6) is 1.46. The second kappa shape index (κ2) is 5.32. The minimum atomic E-state index is 0.473. The molecule has 2 N–H and O–H groups in total. The zero-order valence-corrected chi connectivity index (χ0v) is 9.94. The van der Waals surface area contributed by atoms with E-state index in [1.54, 1.807) is 4.68 Å². The number of ether oxygens (including phenoxy) is 1. The van der Waals surface area contributed by atoms with E-state index >= 15 is 0 Å². The first kappa shape index (κ1) is 11.4. The summed E-state index contributed by atoms with van der Waals surface area (Å²) in [6.45, 7) is 5.68. The van der Waals surface area contributed by atoms with E-state index in [1.807, 2.05) is 19.3 Å². The Kier molecular flexibility index (Phi) is 3.79. The predicted molar refractivity (Wildman–Crippen MR) is 63.5 cm³/mol. The molecular weight excluding hydrogens is 204 g/mol. The highest BCUT2D eigenvalue weighted by Crippen LogP contribution is 2.14. The third-order valence-corrected chi connectivity index (χ3v) is 2.92. The molecule has 1 aromatic heterocycles. The highest BCUT2D eigenvalue weighted by molar-refractivity contribution is 5.32. The summed E-state index contributed by atoms with van der Waals surface area (Å²) in [6.07, 6.45) is 1.94. The van der Waals surface area contributed by atoms with Gasteiger partial charge in [0, 0.05) is 37.8 Å². The lowest BCUT2D eigenvalue weighted by Gasteiger charge is -2.18. The van der Waals surface area contributed by atoms with Crippen LogP contribution >= 0.6 is 0 Å². The van der Waals surface area contributed by atoms with E-state index in [1.165, 1.54) is 0 Å². The predicted octanol–water partition coefficient (Wildman–Crippen LogP) is 0.456. The SMILES string of the molecule is CCNC1COCC1CNc1ccn(C)n1. The van der Waals surface area contributed by atoms with E-state index in [-0.39, 0.29) is 0 Å². The number of aromatic nitrogens is 2. The van der Waals surface area contributed by atoms with Crippen LogP contribution in [0, 0.1) is 5.92 Å². The van der Waals surface area contributed by atoms with Crippen molar-refractivity contribution in [2.24, 2.45) is 13.0 Å². The van der Waals surface area contributed by atoms with Crippen molar-refractivity contribution in [3.63, 3.8) is 0 Å². The molecule has 2 heterocycles. The van der Waals surface area contributed by atoms with Crippen molar-refractivity contribution in [3.8, 4) is 0 Å². The number of hydrogen-bond donors (Lipinski definition) is 2. The van der Waals surface area contributed by atoms with Crippen LogP contribution in [-0.2, 0) is 11.8 Å². The van der Waals surface area contributed by atoms with Crippen molar-refractivity contribution in [1.29, 1.82) is 0 Å². The fourth-order valence-electron chi connectivity index (χ4n) is 2.03. The molecule has 2 atom stereocenters. The van der Waals surface area contributed by atoms with E-state index in [0.29, 0.717) is 12.0 Å². The Labute approximate surface area is 96.2 Å². The Morgan fingerprint density at radius 3 is 3.12 bits per heavy atom. The molecule has 0 saturated carbocycles. The zero-order valence-electron chi connectivity index (χ0n) is 9.94. The summed E-state index contributed by atoms with van der Waals surface area (Å²) in [6, 6.07) is 2.46. The third kappa shape index (κ3) is 2.74. The lowest BCUT2D eigenvalue weighted by molar-refractivity contribution is 0.183. The number of anilines is 1. The minimum Gasteiger partial charge on any atom is -0.379 e. The fourth-order valence-corrected chi connectivity index (χ4v) is 2.03. The number of rotatable bonds is 5. The van der Waals surface area contributed by atoms with Crippen molar-refractivity contribution < 1.29 is 4.74 Å². The van der Waals surface area contributed by atoms with E-state index in [9.17, 15) is 0 Å². The van der Waals surface area contributed by atoms with Crippen LogP contribution in [0.3, 0.4) is 0 Å². The van der Waals surface area contributed by atoms with Crippen LogP contribution < -0.4 is 10.6 Å². The summed E-state index contributed by atoms with van der Waals surface area (Å²) in [5, 5.41) is 11.1. The number of likely N-dealkylation sites (N-methyl/N-ethyl adjacent to an activating group) is 1. The maximum atomic E-state index is 5.49. The molecule has 5 nitrogen and oxygen atoms in total. The van der Waals surface area contributed by atoms with E-state index in [2.05, 4.69) is 22.7 Å². The fraction of sp³-hybridized carbons (Fsp3) is 0.727. The van der Waals surface area contributed by atoms with Crippen LogP contribution in [0.2, 0.25) is 0 Å². The van der Waals surface area contributed by atoms with Gasteiger partial charge in [0.1, 0.15) is 5.82 Å². The molecule has 0 aromatic carbocycles. The first-order valence-corrected chi connectivity index (χ1v) is 5.84. The molecule has 0 amide bonds. The summed E-state index contributed by atoms with van der Waals surface area (Å²) in [4.78, 5) is 0. The van der Waals surface area contributed by atoms with E-state index in [0.717, 1.165) is 32.1 Å². The lowest BCUT2D eigenvalue weighted by atomic mass is 10.0. The van der Waals surface area contributed by atoms with Crippen molar-refractivity contribution >= 4 is 5.82 Å². The first-order valence-electron chi connectivity index (χ1n) is 5.84. The van der Waals surface area contributed by atoms with Gasteiger partial charge < -0.3 is 15.4 Å².